The van der Waals surface area contributed by atoms with E-state index in [1.165, 1.54) is 12.5 Å². The van der Waals surface area contributed by atoms with Gasteiger partial charge >= 0.3 is 0 Å². The van der Waals surface area contributed by atoms with Crippen LogP contribution in [0.5, 0.6) is 0 Å². The van der Waals surface area contributed by atoms with E-state index in [9.17, 15) is 4.39 Å². The summed E-state index contributed by atoms with van der Waals surface area (Å²) in [6, 6.07) is 4.65. The first-order valence-corrected chi connectivity index (χ1v) is 5.99. The lowest BCUT2D eigenvalue weighted by Gasteiger charge is -2.22. The number of hydrogen-bond acceptors (Lipinski definition) is 3. The molecule has 0 amide bonds. The van der Waals surface area contributed by atoms with Gasteiger partial charge in [0.1, 0.15) is 5.82 Å². The Labute approximate surface area is 101 Å². The van der Waals surface area contributed by atoms with E-state index in [0.717, 1.165) is 19.4 Å². The van der Waals surface area contributed by atoms with Crippen molar-refractivity contribution >= 4 is 5.69 Å². The van der Waals surface area contributed by atoms with E-state index in [1.54, 1.807) is 12.1 Å². The van der Waals surface area contributed by atoms with Gasteiger partial charge in [-0.25, -0.2) is 4.39 Å². The maximum absolute atomic E-state index is 13.4. The van der Waals surface area contributed by atoms with Crippen LogP contribution in [0.25, 0.3) is 0 Å². The molecule has 0 bridgehead atoms. The van der Waals surface area contributed by atoms with Gasteiger partial charge in [-0.1, -0.05) is 6.07 Å². The second kappa shape index (κ2) is 5.98. The zero-order valence-corrected chi connectivity index (χ0v) is 9.82. The Balaban J connectivity index is 1.77. The van der Waals surface area contributed by atoms with Crippen molar-refractivity contribution in [3.8, 4) is 0 Å². The van der Waals surface area contributed by atoms with Crippen molar-refractivity contribution in [3.63, 3.8) is 0 Å². The van der Waals surface area contributed by atoms with E-state index in [2.05, 4.69) is 0 Å². The number of rotatable bonds is 4. The van der Waals surface area contributed by atoms with Gasteiger partial charge in [-0.2, -0.15) is 0 Å². The maximum atomic E-state index is 13.4. The lowest BCUT2D eigenvalue weighted by Crippen LogP contribution is -2.24. The highest BCUT2D eigenvalue weighted by atomic mass is 19.1. The molecule has 0 saturated carbocycles. The van der Waals surface area contributed by atoms with E-state index in [0.29, 0.717) is 17.9 Å². The summed E-state index contributed by atoms with van der Waals surface area (Å²) >= 11 is 0. The van der Waals surface area contributed by atoms with Crippen molar-refractivity contribution in [2.24, 2.45) is 0 Å². The Bertz CT molecular complexity index is 364. The average molecular weight is 239 g/mol. The number of halogens is 1. The molecule has 2 N–H and O–H groups in total. The summed E-state index contributed by atoms with van der Waals surface area (Å²) in [5, 5.41) is 0. The van der Waals surface area contributed by atoms with Gasteiger partial charge in [0.05, 0.1) is 19.3 Å². The van der Waals surface area contributed by atoms with Crippen LogP contribution >= 0.6 is 0 Å². The first-order valence-electron chi connectivity index (χ1n) is 5.99. The fourth-order valence-electron chi connectivity index (χ4n) is 1.92. The molecule has 1 aliphatic heterocycles. The molecule has 2 rings (SSSR count). The highest BCUT2D eigenvalue weighted by Crippen LogP contribution is 2.15. The maximum Gasteiger partial charge on any atom is 0.130 e. The minimum Gasteiger partial charge on any atom is -0.399 e. The minimum absolute atomic E-state index is 0.167. The summed E-state index contributed by atoms with van der Waals surface area (Å²) in [4.78, 5) is 0. The zero-order valence-electron chi connectivity index (χ0n) is 9.82. The van der Waals surface area contributed by atoms with Gasteiger partial charge in [0.25, 0.3) is 0 Å². The normalized spacial score (nSPS) is 20.4. The van der Waals surface area contributed by atoms with Gasteiger partial charge in [0, 0.05) is 17.9 Å². The lowest BCUT2D eigenvalue weighted by atomic mass is 10.1. The second-order valence-electron chi connectivity index (χ2n) is 4.35. The predicted molar refractivity (Wildman–Crippen MR) is 64.1 cm³/mol. The van der Waals surface area contributed by atoms with Crippen molar-refractivity contribution in [2.45, 2.75) is 32.0 Å². The Kier molecular flexibility index (Phi) is 4.34. The van der Waals surface area contributed by atoms with E-state index in [1.807, 2.05) is 0 Å². The number of nitrogens with two attached hydrogens (primary N) is 1. The van der Waals surface area contributed by atoms with Gasteiger partial charge in [-0.15, -0.1) is 0 Å². The van der Waals surface area contributed by atoms with Crippen LogP contribution in [0.2, 0.25) is 0 Å². The lowest BCUT2D eigenvalue weighted by molar-refractivity contribution is -0.0451. The Morgan fingerprint density at radius 3 is 3.00 bits per heavy atom. The molecule has 0 aliphatic carbocycles. The quantitative estimate of drug-likeness (QED) is 0.821. The van der Waals surface area contributed by atoms with Crippen LogP contribution in [0.15, 0.2) is 18.2 Å². The highest BCUT2D eigenvalue weighted by molar-refractivity contribution is 5.40. The molecule has 0 spiro atoms. The molecule has 1 aromatic carbocycles. The summed E-state index contributed by atoms with van der Waals surface area (Å²) in [5.41, 5.74) is 6.44. The summed E-state index contributed by atoms with van der Waals surface area (Å²) < 4.78 is 24.4. The summed E-state index contributed by atoms with van der Waals surface area (Å²) in [6.45, 7) is 1.61. The van der Waals surface area contributed by atoms with E-state index < -0.39 is 0 Å². The Hall–Kier alpha value is -1.13. The predicted octanol–water partition coefficient (Wildman–Crippen LogP) is 2.49. The van der Waals surface area contributed by atoms with Gasteiger partial charge in [-0.3, -0.25) is 0 Å². The summed E-state index contributed by atoms with van der Waals surface area (Å²) in [6.07, 6.45) is 3.51. The molecule has 1 aromatic rings. The molecular weight excluding hydrogens is 221 g/mol. The molecule has 0 aromatic heterocycles. The van der Waals surface area contributed by atoms with E-state index in [-0.39, 0.29) is 18.5 Å². The molecule has 1 aliphatic rings. The second-order valence-corrected chi connectivity index (χ2v) is 4.35. The Morgan fingerprint density at radius 1 is 1.41 bits per heavy atom. The van der Waals surface area contributed by atoms with Crippen molar-refractivity contribution in [1.82, 2.24) is 0 Å². The molecule has 94 valence electrons. The van der Waals surface area contributed by atoms with Crippen molar-refractivity contribution in [1.29, 1.82) is 0 Å². The molecule has 3 nitrogen and oxygen atoms in total. The fraction of sp³-hybridized carbons (Fsp3) is 0.538. The van der Waals surface area contributed by atoms with Crippen LogP contribution in [0, 0.1) is 5.82 Å². The van der Waals surface area contributed by atoms with Gasteiger partial charge < -0.3 is 15.2 Å². The monoisotopic (exact) mass is 239 g/mol. The molecule has 1 heterocycles. The van der Waals surface area contributed by atoms with E-state index in [4.69, 9.17) is 15.2 Å². The third kappa shape index (κ3) is 3.68. The fourth-order valence-corrected chi connectivity index (χ4v) is 1.92. The zero-order chi connectivity index (χ0) is 12.1. The standard InChI is InChI=1S/C13H18FNO2/c14-13-7-11(15)5-4-10(13)8-16-9-12-3-1-2-6-17-12/h4-5,7,12H,1-3,6,8-9,15H2. The smallest absolute Gasteiger partial charge is 0.130 e. The van der Waals surface area contributed by atoms with Crippen LogP contribution < -0.4 is 5.73 Å². The molecule has 1 saturated heterocycles. The van der Waals surface area contributed by atoms with Crippen molar-refractivity contribution in [2.75, 3.05) is 18.9 Å². The van der Waals surface area contributed by atoms with Gasteiger partial charge in [0.2, 0.25) is 0 Å². The number of nitrogen functional groups attached to an aromatic ring is 1. The van der Waals surface area contributed by atoms with Crippen LogP contribution in [-0.4, -0.2) is 19.3 Å². The highest BCUT2D eigenvalue weighted by Gasteiger charge is 2.14. The number of benzene rings is 1. The SMILES string of the molecule is Nc1ccc(COCC2CCCCO2)c(F)c1. The van der Waals surface area contributed by atoms with Crippen LogP contribution in [0.1, 0.15) is 24.8 Å². The minimum atomic E-state index is -0.311. The average Bonchev–Trinajstić information content (AvgIpc) is 2.33. The van der Waals surface area contributed by atoms with Crippen molar-refractivity contribution in [3.05, 3.63) is 29.6 Å². The third-order valence-electron chi connectivity index (χ3n) is 2.91. The topological polar surface area (TPSA) is 44.5 Å². The molecule has 17 heavy (non-hydrogen) atoms. The van der Waals surface area contributed by atoms with Gasteiger partial charge in [-0.05, 0) is 31.4 Å². The number of hydrogen-bond donors (Lipinski definition) is 1. The van der Waals surface area contributed by atoms with Crippen LogP contribution in [0.4, 0.5) is 10.1 Å². The third-order valence-corrected chi connectivity index (χ3v) is 2.91. The molecular formula is C13H18FNO2. The molecule has 4 heteroatoms. The van der Waals surface area contributed by atoms with Crippen LogP contribution in [-0.2, 0) is 16.1 Å². The number of ether oxygens (including phenoxy) is 2. The first kappa shape index (κ1) is 12.3. The van der Waals surface area contributed by atoms with Crippen molar-refractivity contribution < 1.29 is 13.9 Å². The van der Waals surface area contributed by atoms with Gasteiger partial charge in [0.15, 0.2) is 0 Å². The first-order chi connectivity index (χ1) is 8.25. The molecule has 0 radical (unpaired) electrons. The molecule has 1 atom stereocenters. The summed E-state index contributed by atoms with van der Waals surface area (Å²) in [7, 11) is 0. The number of anilines is 1. The molecule has 1 unspecified atom stereocenters. The largest absolute Gasteiger partial charge is 0.399 e. The van der Waals surface area contributed by atoms with E-state index >= 15 is 0 Å². The Morgan fingerprint density at radius 2 is 2.29 bits per heavy atom. The molecule has 1 fully saturated rings. The van der Waals surface area contributed by atoms with Crippen LogP contribution in [0.3, 0.4) is 0 Å². The summed E-state index contributed by atoms with van der Waals surface area (Å²) in [5.74, 6) is -0.311.